The van der Waals surface area contributed by atoms with Crippen molar-refractivity contribution in [3.63, 3.8) is 0 Å². The normalized spacial score (nSPS) is 13.8. The summed E-state index contributed by atoms with van der Waals surface area (Å²) in [5, 5.41) is 20.5. The lowest BCUT2D eigenvalue weighted by molar-refractivity contribution is 0.0827. The molecule has 32 heavy (non-hydrogen) atoms. The largest absolute Gasteiger partial charge is 0.610 e. The minimum atomic E-state index is -1.73. The van der Waals surface area contributed by atoms with Gasteiger partial charge in [-0.1, -0.05) is 20.8 Å². The molecule has 180 valence electrons. The van der Waals surface area contributed by atoms with Crippen LogP contribution in [0.4, 0.5) is 10.6 Å². The van der Waals surface area contributed by atoms with Crippen LogP contribution < -0.4 is 10.2 Å². The number of anilines is 1. The highest BCUT2D eigenvalue weighted by Gasteiger charge is 2.38. The van der Waals surface area contributed by atoms with Crippen molar-refractivity contribution < 1.29 is 19.2 Å². The van der Waals surface area contributed by atoms with Gasteiger partial charge in [0.1, 0.15) is 10.6 Å². The molecule has 10 heteroatoms. The summed E-state index contributed by atoms with van der Waals surface area (Å²) in [6.07, 6.45) is -1.04. The van der Waals surface area contributed by atoms with Crippen LogP contribution in [0.1, 0.15) is 63.2 Å². The quantitative estimate of drug-likeness (QED) is 0.335. The molecule has 2 unspecified atom stereocenters. The fourth-order valence-electron chi connectivity index (χ4n) is 2.94. The van der Waals surface area contributed by atoms with Gasteiger partial charge in [0.15, 0.2) is 0 Å². The number of amides is 2. The van der Waals surface area contributed by atoms with E-state index < -0.39 is 33.5 Å². The van der Waals surface area contributed by atoms with Gasteiger partial charge in [-0.05, 0) is 32.3 Å². The number of nitrogens with one attached hydrogen (secondary N) is 2. The molecule has 0 radical (unpaired) electrons. The highest BCUT2D eigenvalue weighted by atomic mass is 32.2. The van der Waals surface area contributed by atoms with Crippen LogP contribution in [0.25, 0.3) is 0 Å². The summed E-state index contributed by atoms with van der Waals surface area (Å²) in [7, 11) is 6.78. The number of nitrogens with zero attached hydrogens (tertiary/aromatic N) is 3. The Hall–Kier alpha value is -2.33. The second kappa shape index (κ2) is 10.1. The first-order valence-electron chi connectivity index (χ1n) is 10.3. The second-order valence-electron chi connectivity index (χ2n) is 10.2. The van der Waals surface area contributed by atoms with E-state index in [1.54, 1.807) is 59.9 Å². The van der Waals surface area contributed by atoms with Gasteiger partial charge in [0.05, 0.1) is 16.8 Å². The van der Waals surface area contributed by atoms with Gasteiger partial charge >= 0.3 is 6.09 Å². The maximum atomic E-state index is 13.2. The first kappa shape index (κ1) is 27.7. The van der Waals surface area contributed by atoms with Crippen LogP contribution in [0.2, 0.25) is 0 Å². The van der Waals surface area contributed by atoms with Crippen LogP contribution >= 0.6 is 0 Å². The lowest BCUT2D eigenvalue weighted by atomic mass is 9.83. The minimum absolute atomic E-state index is 0.129. The van der Waals surface area contributed by atoms with E-state index in [2.05, 4.69) is 10.3 Å². The highest BCUT2D eigenvalue weighted by molar-refractivity contribution is 8.07. The number of carbonyl (C=O) groups excluding carboxylic acids is 1. The zero-order chi connectivity index (χ0) is 25.2. The van der Waals surface area contributed by atoms with Crippen LogP contribution in [-0.2, 0) is 17.6 Å². The monoisotopic (exact) mass is 467 g/mol. The van der Waals surface area contributed by atoms with Crippen LogP contribution in [0, 0.1) is 10.8 Å². The summed E-state index contributed by atoms with van der Waals surface area (Å²) < 4.78 is 12.4. The molecule has 0 fully saturated rings. The number of aromatic nitrogens is 1. The van der Waals surface area contributed by atoms with Gasteiger partial charge in [-0.15, -0.1) is 0 Å². The number of hydrogen-bond acceptors (Lipinski definition) is 6. The third-order valence-electron chi connectivity index (χ3n) is 4.88. The molecule has 2 atom stereocenters. The summed E-state index contributed by atoms with van der Waals surface area (Å²) >= 11 is -1.73. The maximum absolute atomic E-state index is 13.2. The Morgan fingerprint density at radius 1 is 1.19 bits per heavy atom. The number of carboxylic acid groups (broad SMARTS) is 1. The second-order valence-corrected chi connectivity index (χ2v) is 12.4. The van der Waals surface area contributed by atoms with Crippen molar-refractivity contribution in [1.82, 2.24) is 15.2 Å². The topological polar surface area (TPSA) is 133 Å². The van der Waals surface area contributed by atoms with Crippen LogP contribution in [-0.4, -0.2) is 75.6 Å². The summed E-state index contributed by atoms with van der Waals surface area (Å²) in [6, 6.07) is 1.04. The van der Waals surface area contributed by atoms with Crippen molar-refractivity contribution in [2.75, 3.05) is 33.1 Å². The fourth-order valence-corrected chi connectivity index (χ4v) is 3.96. The number of rotatable bonds is 6. The first-order valence-corrected chi connectivity index (χ1v) is 11.5. The average Bonchev–Trinajstić information content (AvgIpc) is 2.62. The van der Waals surface area contributed by atoms with E-state index in [9.17, 15) is 19.2 Å². The number of hydrogen-bond donors (Lipinski definition) is 3. The number of pyridine rings is 1. The predicted octanol–water partition coefficient (Wildman–Crippen LogP) is 2.95. The van der Waals surface area contributed by atoms with Gasteiger partial charge in [0.2, 0.25) is 5.04 Å². The molecule has 0 saturated carbocycles. The van der Waals surface area contributed by atoms with E-state index in [0.717, 1.165) is 0 Å². The molecule has 1 rings (SSSR count). The molecular weight excluding hydrogens is 430 g/mol. The Balaban J connectivity index is 3.89. The number of carbonyl (C=O) groups is 2. The molecule has 0 aliphatic carbocycles. The molecular formula is C22H37N5O4S. The molecule has 0 aliphatic heterocycles. The molecule has 0 spiro atoms. The molecule has 0 aromatic carbocycles. The Bertz CT molecular complexity index is 872. The maximum Gasteiger partial charge on any atom is 0.404 e. The molecule has 3 N–H and O–H groups in total. The Morgan fingerprint density at radius 3 is 2.09 bits per heavy atom. The standard InChI is InChI=1S/C22H37N5O4S/c1-21(2,3)15(25-20(29)30)12-14-17(18(23)32(31)22(4,5)6)13(19(28)27(9)10)11-16(24-14)26(7)8/h11,15,23,25H,12H2,1-10H3,(H,29,30). The van der Waals surface area contributed by atoms with Gasteiger partial charge in [-0.2, -0.15) is 0 Å². The lowest BCUT2D eigenvalue weighted by Crippen LogP contribution is -2.45. The zero-order valence-electron chi connectivity index (χ0n) is 20.8. The van der Waals surface area contributed by atoms with Crippen molar-refractivity contribution in [1.29, 1.82) is 5.41 Å². The Morgan fingerprint density at radius 2 is 1.72 bits per heavy atom. The predicted molar refractivity (Wildman–Crippen MR) is 129 cm³/mol. The summed E-state index contributed by atoms with van der Waals surface area (Å²) in [5.74, 6) is 0.146. The van der Waals surface area contributed by atoms with Crippen LogP contribution in [0.15, 0.2) is 6.07 Å². The van der Waals surface area contributed by atoms with Gasteiger partial charge in [-0.3, -0.25) is 10.2 Å². The highest BCUT2D eigenvalue weighted by Crippen LogP contribution is 2.30. The molecule has 0 bridgehead atoms. The van der Waals surface area contributed by atoms with Crippen LogP contribution in [0.3, 0.4) is 0 Å². The van der Waals surface area contributed by atoms with E-state index in [1.807, 2.05) is 20.8 Å². The molecule has 2 amide bonds. The summed E-state index contributed by atoms with van der Waals surface area (Å²) in [4.78, 5) is 32.4. The van der Waals surface area contributed by atoms with Crippen molar-refractivity contribution in [3.05, 3.63) is 22.9 Å². The third kappa shape index (κ3) is 6.83. The van der Waals surface area contributed by atoms with Crippen molar-refractivity contribution >= 4 is 34.0 Å². The zero-order valence-corrected chi connectivity index (χ0v) is 21.6. The molecule has 1 aromatic rings. The summed E-state index contributed by atoms with van der Waals surface area (Å²) in [6.45, 7) is 11.0. The molecule has 1 heterocycles. The Labute approximate surface area is 194 Å². The minimum Gasteiger partial charge on any atom is -0.610 e. The fraction of sp³-hybridized carbons (Fsp3) is 0.636. The first-order chi connectivity index (χ1) is 14.4. The average molecular weight is 468 g/mol. The smallest absolute Gasteiger partial charge is 0.404 e. The third-order valence-corrected chi connectivity index (χ3v) is 6.57. The van der Waals surface area contributed by atoms with Gasteiger partial charge in [0, 0.05) is 51.8 Å². The van der Waals surface area contributed by atoms with E-state index in [1.165, 1.54) is 4.90 Å². The van der Waals surface area contributed by atoms with Crippen LogP contribution in [0.5, 0.6) is 0 Å². The van der Waals surface area contributed by atoms with Gasteiger partial charge in [0.25, 0.3) is 5.91 Å². The van der Waals surface area contributed by atoms with Gasteiger partial charge in [-0.25, -0.2) is 9.78 Å². The van der Waals surface area contributed by atoms with E-state index >= 15 is 0 Å². The molecule has 0 saturated heterocycles. The van der Waals surface area contributed by atoms with E-state index in [0.29, 0.717) is 11.5 Å². The van der Waals surface area contributed by atoms with Crippen molar-refractivity contribution in [2.45, 2.75) is 58.8 Å². The Kier molecular flexibility index (Phi) is 8.72. The van der Waals surface area contributed by atoms with E-state index in [4.69, 9.17) is 5.41 Å². The van der Waals surface area contributed by atoms with Gasteiger partial charge < -0.3 is 24.8 Å². The van der Waals surface area contributed by atoms with Crippen molar-refractivity contribution in [3.8, 4) is 0 Å². The molecule has 0 aliphatic rings. The molecule has 1 aromatic heterocycles. The summed E-state index contributed by atoms with van der Waals surface area (Å²) in [5.41, 5.74) is 0.304. The van der Waals surface area contributed by atoms with Crippen molar-refractivity contribution in [2.24, 2.45) is 5.41 Å². The molecule has 9 nitrogen and oxygen atoms in total. The van der Waals surface area contributed by atoms with E-state index in [-0.39, 0.29) is 28.5 Å². The SMILES string of the molecule is CN(C)C(=O)c1cc(N(C)C)nc(CC(NC(=O)O)C(C)(C)C)c1C(=N)[S+]([O-])C(C)(C)C. The lowest BCUT2D eigenvalue weighted by Gasteiger charge is -2.32.